The number of hydrogen-bond donors (Lipinski definition) is 1. The van der Waals surface area contributed by atoms with Crippen LogP contribution in [-0.2, 0) is 11.3 Å². The highest BCUT2D eigenvalue weighted by atomic mass is 79.9. The second-order valence-corrected chi connectivity index (χ2v) is 7.01. The zero-order valence-electron chi connectivity index (χ0n) is 13.8. The standard InChI is InChI=1S/C21H16BrNO3/c22-16-10-8-15(9-11-16)19-18(14-5-2-1-3-6-14)20(24)21(25)23(19)13-17-7-4-12-26-17/h1-12,19,24H,13H2/t19-/m0/s1. The van der Waals surface area contributed by atoms with E-state index in [0.29, 0.717) is 11.3 Å². The fraction of sp³-hybridized carbons (Fsp3) is 0.0952. The number of carbonyl (C=O) groups excluding carboxylic acids is 1. The number of aliphatic hydroxyl groups excluding tert-OH is 1. The maximum atomic E-state index is 12.8. The smallest absolute Gasteiger partial charge is 0.290 e. The maximum absolute atomic E-state index is 12.8. The highest BCUT2D eigenvalue weighted by Gasteiger charge is 2.41. The predicted molar refractivity (Wildman–Crippen MR) is 102 cm³/mol. The monoisotopic (exact) mass is 409 g/mol. The Morgan fingerprint density at radius 3 is 2.38 bits per heavy atom. The molecule has 3 aromatic rings. The van der Waals surface area contributed by atoms with Crippen molar-refractivity contribution in [2.45, 2.75) is 12.6 Å². The average Bonchev–Trinajstić information content (AvgIpc) is 3.26. The summed E-state index contributed by atoms with van der Waals surface area (Å²) in [5.41, 5.74) is 2.37. The van der Waals surface area contributed by atoms with Gasteiger partial charge in [-0.2, -0.15) is 0 Å². The van der Waals surface area contributed by atoms with Crippen molar-refractivity contribution in [3.05, 3.63) is 100 Å². The van der Waals surface area contributed by atoms with Gasteiger partial charge in [-0.1, -0.05) is 58.4 Å². The number of halogens is 1. The summed E-state index contributed by atoms with van der Waals surface area (Å²) in [5.74, 6) is 0.0615. The summed E-state index contributed by atoms with van der Waals surface area (Å²) in [6.07, 6.45) is 1.58. The van der Waals surface area contributed by atoms with Crippen LogP contribution in [0.4, 0.5) is 0 Å². The van der Waals surface area contributed by atoms with Crippen LogP contribution in [0.5, 0.6) is 0 Å². The Kier molecular flexibility index (Phi) is 4.39. The van der Waals surface area contributed by atoms with E-state index < -0.39 is 5.91 Å². The lowest BCUT2D eigenvalue weighted by Crippen LogP contribution is -2.29. The molecule has 5 heteroatoms. The first-order chi connectivity index (χ1) is 12.6. The van der Waals surface area contributed by atoms with E-state index in [0.717, 1.165) is 15.6 Å². The van der Waals surface area contributed by atoms with Crippen molar-refractivity contribution in [2.75, 3.05) is 0 Å². The van der Waals surface area contributed by atoms with Crippen LogP contribution in [0.3, 0.4) is 0 Å². The van der Waals surface area contributed by atoms with Crippen LogP contribution in [0, 0.1) is 0 Å². The van der Waals surface area contributed by atoms with Crippen LogP contribution in [0.2, 0.25) is 0 Å². The maximum Gasteiger partial charge on any atom is 0.290 e. The topological polar surface area (TPSA) is 53.7 Å². The minimum Gasteiger partial charge on any atom is -0.503 e. The Morgan fingerprint density at radius 2 is 1.73 bits per heavy atom. The molecule has 1 aliphatic rings. The van der Waals surface area contributed by atoms with Crippen molar-refractivity contribution in [2.24, 2.45) is 0 Å². The highest BCUT2D eigenvalue weighted by molar-refractivity contribution is 9.10. The number of rotatable bonds is 4. The van der Waals surface area contributed by atoms with Gasteiger partial charge in [0.05, 0.1) is 18.8 Å². The molecule has 1 N–H and O–H groups in total. The van der Waals surface area contributed by atoms with Crippen LogP contribution >= 0.6 is 15.9 Å². The van der Waals surface area contributed by atoms with E-state index >= 15 is 0 Å². The van der Waals surface area contributed by atoms with E-state index in [1.807, 2.05) is 60.7 Å². The number of benzene rings is 2. The van der Waals surface area contributed by atoms with Crippen molar-refractivity contribution < 1.29 is 14.3 Å². The van der Waals surface area contributed by atoms with Gasteiger partial charge in [-0.3, -0.25) is 4.79 Å². The first-order valence-electron chi connectivity index (χ1n) is 8.22. The molecule has 26 heavy (non-hydrogen) atoms. The summed E-state index contributed by atoms with van der Waals surface area (Å²) >= 11 is 3.44. The molecule has 0 saturated carbocycles. The van der Waals surface area contributed by atoms with Crippen LogP contribution in [0.1, 0.15) is 22.9 Å². The quantitative estimate of drug-likeness (QED) is 0.652. The third-order valence-electron chi connectivity index (χ3n) is 4.48. The van der Waals surface area contributed by atoms with Gasteiger partial charge in [0, 0.05) is 10.0 Å². The molecule has 0 aliphatic carbocycles. The molecule has 1 aliphatic heterocycles. The molecule has 0 spiro atoms. The summed E-state index contributed by atoms with van der Waals surface area (Å²) in [5, 5.41) is 10.6. The van der Waals surface area contributed by atoms with Gasteiger partial charge in [-0.15, -0.1) is 0 Å². The van der Waals surface area contributed by atoms with Gasteiger partial charge < -0.3 is 14.4 Å². The Hall–Kier alpha value is -2.79. The minimum absolute atomic E-state index is 0.212. The number of nitrogens with zero attached hydrogens (tertiary/aromatic N) is 1. The normalized spacial score (nSPS) is 17.2. The summed E-state index contributed by atoms with van der Waals surface area (Å²) in [4.78, 5) is 14.5. The fourth-order valence-corrected chi connectivity index (χ4v) is 3.56. The zero-order chi connectivity index (χ0) is 18.1. The van der Waals surface area contributed by atoms with Gasteiger partial charge in [0.15, 0.2) is 5.76 Å². The van der Waals surface area contributed by atoms with Crippen LogP contribution in [0.15, 0.2) is 87.6 Å². The average molecular weight is 410 g/mol. The second kappa shape index (κ2) is 6.84. The van der Waals surface area contributed by atoms with Crippen molar-refractivity contribution in [1.82, 2.24) is 4.90 Å². The van der Waals surface area contributed by atoms with E-state index in [1.54, 1.807) is 17.2 Å². The third kappa shape index (κ3) is 2.95. The SMILES string of the molecule is O=C1C(O)=C(c2ccccc2)[C@H](c2ccc(Br)cc2)N1Cc1ccco1. The van der Waals surface area contributed by atoms with E-state index in [1.165, 1.54) is 0 Å². The van der Waals surface area contributed by atoms with Crippen LogP contribution < -0.4 is 0 Å². The molecule has 4 nitrogen and oxygen atoms in total. The largest absolute Gasteiger partial charge is 0.503 e. The molecule has 4 rings (SSSR count). The highest BCUT2D eigenvalue weighted by Crippen LogP contribution is 2.43. The predicted octanol–water partition coefficient (Wildman–Crippen LogP) is 5.09. The molecule has 0 fully saturated rings. The van der Waals surface area contributed by atoms with Gasteiger partial charge in [0.1, 0.15) is 5.76 Å². The summed E-state index contributed by atoms with van der Waals surface area (Å²) in [7, 11) is 0. The zero-order valence-corrected chi connectivity index (χ0v) is 15.4. The molecule has 0 radical (unpaired) electrons. The lowest BCUT2D eigenvalue weighted by molar-refractivity contribution is -0.130. The number of carbonyl (C=O) groups is 1. The molecule has 2 aromatic carbocycles. The molecule has 2 heterocycles. The number of hydrogen-bond acceptors (Lipinski definition) is 3. The molecule has 0 saturated heterocycles. The third-order valence-corrected chi connectivity index (χ3v) is 5.01. The van der Waals surface area contributed by atoms with Gasteiger partial charge in [0.2, 0.25) is 0 Å². The molecule has 130 valence electrons. The van der Waals surface area contributed by atoms with Crippen LogP contribution in [-0.4, -0.2) is 15.9 Å². The van der Waals surface area contributed by atoms with Gasteiger partial charge in [-0.05, 0) is 35.4 Å². The van der Waals surface area contributed by atoms with E-state index in [9.17, 15) is 9.90 Å². The van der Waals surface area contributed by atoms with E-state index in [4.69, 9.17) is 4.42 Å². The number of aliphatic hydroxyl groups is 1. The molecule has 0 bridgehead atoms. The van der Waals surface area contributed by atoms with E-state index in [-0.39, 0.29) is 18.3 Å². The van der Waals surface area contributed by atoms with Crippen molar-refractivity contribution in [1.29, 1.82) is 0 Å². The van der Waals surface area contributed by atoms with Crippen molar-refractivity contribution >= 4 is 27.4 Å². The first kappa shape index (κ1) is 16.7. The Balaban J connectivity index is 1.82. The van der Waals surface area contributed by atoms with Gasteiger partial charge in [0.25, 0.3) is 5.91 Å². The molecular formula is C21H16BrNO3. The van der Waals surface area contributed by atoms with Crippen LogP contribution in [0.25, 0.3) is 5.57 Å². The number of amides is 1. The first-order valence-corrected chi connectivity index (χ1v) is 9.02. The lowest BCUT2D eigenvalue weighted by atomic mass is 9.93. The number of furan rings is 1. The van der Waals surface area contributed by atoms with Crippen molar-refractivity contribution in [3.8, 4) is 0 Å². The molecule has 0 unspecified atom stereocenters. The van der Waals surface area contributed by atoms with Crippen molar-refractivity contribution in [3.63, 3.8) is 0 Å². The Morgan fingerprint density at radius 1 is 1.00 bits per heavy atom. The van der Waals surface area contributed by atoms with E-state index in [2.05, 4.69) is 15.9 Å². The summed E-state index contributed by atoms with van der Waals surface area (Å²) < 4.78 is 6.38. The van der Waals surface area contributed by atoms with Gasteiger partial charge in [-0.25, -0.2) is 0 Å². The second-order valence-electron chi connectivity index (χ2n) is 6.09. The molecule has 1 aromatic heterocycles. The Labute approximate surface area is 159 Å². The molecular weight excluding hydrogens is 394 g/mol. The minimum atomic E-state index is -0.395. The summed E-state index contributed by atoms with van der Waals surface area (Å²) in [6, 6.07) is 20.5. The molecule has 1 atom stereocenters. The molecule has 1 amide bonds. The summed E-state index contributed by atoms with van der Waals surface area (Å²) in [6.45, 7) is 0.285. The Bertz CT molecular complexity index is 947. The van der Waals surface area contributed by atoms with Gasteiger partial charge >= 0.3 is 0 Å². The lowest BCUT2D eigenvalue weighted by Gasteiger charge is -2.26. The fourth-order valence-electron chi connectivity index (χ4n) is 3.29.